The number of hydrogen-bond acceptors (Lipinski definition) is 2. The molecule has 0 aliphatic rings. The zero-order chi connectivity index (χ0) is 11.8. The van der Waals surface area contributed by atoms with Crippen LogP contribution < -0.4 is 0 Å². The van der Waals surface area contributed by atoms with Crippen LogP contribution in [0.5, 0.6) is 0 Å². The number of carbonyl (C=O) groups excluding carboxylic acids is 1. The third-order valence-corrected chi connectivity index (χ3v) is 1.98. The Morgan fingerprint density at radius 2 is 2.06 bits per heavy atom. The molecule has 0 heterocycles. The molecule has 0 spiro atoms. The summed E-state index contributed by atoms with van der Waals surface area (Å²) >= 11 is 0. The summed E-state index contributed by atoms with van der Waals surface area (Å²) in [4.78, 5) is 11.3. The SMILES string of the molecule is C=C(C)CCOC(=O)/C=C/c1ccccc1. The molecule has 2 heteroatoms. The first kappa shape index (κ1) is 12.2. The van der Waals surface area contributed by atoms with Crippen LogP contribution in [-0.2, 0) is 9.53 Å². The van der Waals surface area contributed by atoms with E-state index in [2.05, 4.69) is 6.58 Å². The van der Waals surface area contributed by atoms with Crippen molar-refractivity contribution in [3.05, 3.63) is 54.1 Å². The second-order valence-electron chi connectivity index (χ2n) is 3.62. The minimum Gasteiger partial charge on any atom is -0.462 e. The number of benzene rings is 1. The molecule has 16 heavy (non-hydrogen) atoms. The normalized spacial score (nSPS) is 10.3. The molecular formula is C14H16O2. The Labute approximate surface area is 96.2 Å². The van der Waals surface area contributed by atoms with Gasteiger partial charge in [0.15, 0.2) is 0 Å². The average molecular weight is 216 g/mol. The van der Waals surface area contributed by atoms with Crippen LogP contribution in [0.2, 0.25) is 0 Å². The minimum absolute atomic E-state index is 0.315. The van der Waals surface area contributed by atoms with Crippen molar-refractivity contribution in [2.24, 2.45) is 0 Å². The fraction of sp³-hybridized carbons (Fsp3) is 0.214. The van der Waals surface area contributed by atoms with Gasteiger partial charge < -0.3 is 4.74 Å². The number of esters is 1. The van der Waals surface area contributed by atoms with Gasteiger partial charge in [-0.3, -0.25) is 0 Å². The second kappa shape index (κ2) is 6.62. The van der Waals surface area contributed by atoms with E-state index in [0.29, 0.717) is 13.0 Å². The molecule has 84 valence electrons. The number of ether oxygens (including phenoxy) is 1. The van der Waals surface area contributed by atoms with Gasteiger partial charge in [-0.1, -0.05) is 35.9 Å². The zero-order valence-corrected chi connectivity index (χ0v) is 9.48. The number of hydrogen-bond donors (Lipinski definition) is 0. The molecule has 0 amide bonds. The first-order valence-corrected chi connectivity index (χ1v) is 5.23. The molecule has 2 nitrogen and oxygen atoms in total. The summed E-state index contributed by atoms with van der Waals surface area (Å²) in [5, 5.41) is 0. The largest absolute Gasteiger partial charge is 0.462 e. The molecule has 0 aliphatic carbocycles. The molecule has 0 N–H and O–H groups in total. The van der Waals surface area contributed by atoms with Crippen LogP contribution in [0.4, 0.5) is 0 Å². The highest BCUT2D eigenvalue weighted by Gasteiger charge is 1.96. The Hall–Kier alpha value is -1.83. The lowest BCUT2D eigenvalue weighted by Gasteiger charge is -2.00. The van der Waals surface area contributed by atoms with E-state index in [0.717, 1.165) is 11.1 Å². The predicted molar refractivity (Wildman–Crippen MR) is 65.9 cm³/mol. The van der Waals surface area contributed by atoms with Crippen LogP contribution in [0.3, 0.4) is 0 Å². The first-order chi connectivity index (χ1) is 7.68. The van der Waals surface area contributed by atoms with E-state index in [1.165, 1.54) is 6.08 Å². The Bertz CT molecular complexity index is 377. The highest BCUT2D eigenvalue weighted by Crippen LogP contribution is 2.01. The van der Waals surface area contributed by atoms with Crippen molar-refractivity contribution in [1.82, 2.24) is 0 Å². The van der Waals surface area contributed by atoms with Crippen LogP contribution in [0.15, 0.2) is 48.6 Å². The Morgan fingerprint density at radius 1 is 1.38 bits per heavy atom. The molecule has 1 aromatic carbocycles. The zero-order valence-electron chi connectivity index (χ0n) is 9.48. The Balaban J connectivity index is 2.34. The summed E-state index contributed by atoms with van der Waals surface area (Å²) in [5.74, 6) is -0.315. The summed E-state index contributed by atoms with van der Waals surface area (Å²) in [6.07, 6.45) is 3.89. The van der Waals surface area contributed by atoms with Crippen LogP contribution in [0.1, 0.15) is 18.9 Å². The molecule has 0 atom stereocenters. The Morgan fingerprint density at radius 3 is 2.69 bits per heavy atom. The smallest absolute Gasteiger partial charge is 0.330 e. The van der Waals surface area contributed by atoms with Crippen molar-refractivity contribution >= 4 is 12.0 Å². The third kappa shape index (κ3) is 5.15. The quantitative estimate of drug-likeness (QED) is 0.429. The number of rotatable bonds is 5. The van der Waals surface area contributed by atoms with E-state index in [-0.39, 0.29) is 5.97 Å². The molecule has 0 saturated carbocycles. The van der Waals surface area contributed by atoms with Gasteiger partial charge in [0.2, 0.25) is 0 Å². The van der Waals surface area contributed by atoms with E-state index in [1.54, 1.807) is 6.08 Å². The molecule has 0 unspecified atom stereocenters. The fourth-order valence-electron chi connectivity index (χ4n) is 1.10. The summed E-state index contributed by atoms with van der Waals surface area (Å²) in [7, 11) is 0. The lowest BCUT2D eigenvalue weighted by Crippen LogP contribution is -2.02. The minimum atomic E-state index is -0.315. The monoisotopic (exact) mass is 216 g/mol. The topological polar surface area (TPSA) is 26.3 Å². The van der Waals surface area contributed by atoms with Gasteiger partial charge in [0.05, 0.1) is 6.61 Å². The van der Waals surface area contributed by atoms with E-state index >= 15 is 0 Å². The predicted octanol–water partition coefficient (Wildman–Crippen LogP) is 3.21. The van der Waals surface area contributed by atoms with Crippen molar-refractivity contribution < 1.29 is 9.53 Å². The van der Waals surface area contributed by atoms with E-state index < -0.39 is 0 Å². The molecule has 0 radical (unpaired) electrons. The fourth-order valence-corrected chi connectivity index (χ4v) is 1.10. The van der Waals surface area contributed by atoms with Crippen molar-refractivity contribution in [2.45, 2.75) is 13.3 Å². The molecule has 1 aromatic rings. The van der Waals surface area contributed by atoms with Crippen LogP contribution in [0.25, 0.3) is 6.08 Å². The first-order valence-electron chi connectivity index (χ1n) is 5.23. The van der Waals surface area contributed by atoms with Crippen LogP contribution >= 0.6 is 0 Å². The summed E-state index contributed by atoms with van der Waals surface area (Å²) in [6, 6.07) is 9.63. The van der Waals surface area contributed by atoms with Gasteiger partial charge >= 0.3 is 5.97 Å². The molecule has 1 rings (SSSR count). The van der Waals surface area contributed by atoms with Gasteiger partial charge in [-0.25, -0.2) is 4.79 Å². The van der Waals surface area contributed by atoms with Crippen LogP contribution in [-0.4, -0.2) is 12.6 Å². The van der Waals surface area contributed by atoms with Gasteiger partial charge in [-0.15, -0.1) is 6.58 Å². The summed E-state index contributed by atoms with van der Waals surface area (Å²) < 4.78 is 4.99. The van der Waals surface area contributed by atoms with Gasteiger partial charge in [-0.2, -0.15) is 0 Å². The van der Waals surface area contributed by atoms with Crippen molar-refractivity contribution in [2.75, 3.05) is 6.61 Å². The molecule has 0 aliphatic heterocycles. The maximum atomic E-state index is 11.3. The second-order valence-corrected chi connectivity index (χ2v) is 3.62. The van der Waals surface area contributed by atoms with Crippen molar-refractivity contribution in [1.29, 1.82) is 0 Å². The van der Waals surface area contributed by atoms with E-state index in [4.69, 9.17) is 4.74 Å². The average Bonchev–Trinajstić information content (AvgIpc) is 2.27. The van der Waals surface area contributed by atoms with Crippen molar-refractivity contribution in [3.8, 4) is 0 Å². The molecule has 0 saturated heterocycles. The molecule has 0 aromatic heterocycles. The highest BCUT2D eigenvalue weighted by atomic mass is 16.5. The Kier molecular flexibility index (Phi) is 5.06. The van der Waals surface area contributed by atoms with Crippen molar-refractivity contribution in [3.63, 3.8) is 0 Å². The molecule has 0 fully saturated rings. The van der Waals surface area contributed by atoms with Gasteiger partial charge in [-0.05, 0) is 18.6 Å². The standard InChI is InChI=1S/C14H16O2/c1-12(2)10-11-16-14(15)9-8-13-6-4-3-5-7-13/h3-9H,1,10-11H2,2H3/b9-8+. The van der Waals surface area contributed by atoms with Crippen LogP contribution in [0, 0.1) is 0 Å². The number of carbonyl (C=O) groups is 1. The lowest BCUT2D eigenvalue weighted by molar-refractivity contribution is -0.137. The molecular weight excluding hydrogens is 200 g/mol. The summed E-state index contributed by atoms with van der Waals surface area (Å²) in [5.41, 5.74) is 2.00. The van der Waals surface area contributed by atoms with Gasteiger partial charge in [0, 0.05) is 12.5 Å². The lowest BCUT2D eigenvalue weighted by atomic mass is 10.2. The highest BCUT2D eigenvalue weighted by molar-refractivity contribution is 5.86. The van der Waals surface area contributed by atoms with Gasteiger partial charge in [0.25, 0.3) is 0 Å². The van der Waals surface area contributed by atoms with E-state index in [9.17, 15) is 4.79 Å². The van der Waals surface area contributed by atoms with E-state index in [1.807, 2.05) is 37.3 Å². The maximum Gasteiger partial charge on any atom is 0.330 e. The third-order valence-electron chi connectivity index (χ3n) is 1.98. The maximum absolute atomic E-state index is 11.3. The van der Waals surface area contributed by atoms with Gasteiger partial charge in [0.1, 0.15) is 0 Å². The summed E-state index contributed by atoms with van der Waals surface area (Å²) in [6.45, 7) is 6.04. The molecule has 0 bridgehead atoms.